The Morgan fingerprint density at radius 1 is 1.17 bits per heavy atom. The molecule has 1 N–H and O–H groups in total. The Hall–Kier alpha value is -3.10. The molecule has 1 saturated heterocycles. The predicted molar refractivity (Wildman–Crippen MR) is 103 cm³/mol. The number of likely N-dealkylation sites (tertiary alicyclic amines) is 1. The minimum absolute atomic E-state index is 0.222. The molecule has 0 bridgehead atoms. The summed E-state index contributed by atoms with van der Waals surface area (Å²) >= 11 is 0. The van der Waals surface area contributed by atoms with Crippen LogP contribution in [0.2, 0.25) is 0 Å². The molecule has 152 valence electrons. The summed E-state index contributed by atoms with van der Waals surface area (Å²) in [5.41, 5.74) is 2.17. The molecule has 0 radical (unpaired) electrons. The van der Waals surface area contributed by atoms with Crippen molar-refractivity contribution in [2.45, 2.75) is 32.0 Å². The van der Waals surface area contributed by atoms with E-state index in [1.807, 2.05) is 25.1 Å². The van der Waals surface area contributed by atoms with E-state index in [2.05, 4.69) is 15.3 Å². The van der Waals surface area contributed by atoms with E-state index in [0.29, 0.717) is 31.6 Å². The number of pyridine rings is 1. The van der Waals surface area contributed by atoms with Crippen molar-refractivity contribution in [1.82, 2.24) is 19.4 Å². The number of rotatable bonds is 2. The third-order valence-electron chi connectivity index (χ3n) is 5.09. The van der Waals surface area contributed by atoms with Crippen LogP contribution in [-0.2, 0) is 6.18 Å². The van der Waals surface area contributed by atoms with Crippen LogP contribution < -0.4 is 5.32 Å². The number of anilines is 1. The average Bonchev–Trinajstić information content (AvgIpc) is 3.08. The van der Waals surface area contributed by atoms with Crippen LogP contribution in [0.3, 0.4) is 0 Å². The van der Waals surface area contributed by atoms with E-state index in [1.54, 1.807) is 17.0 Å². The number of aromatic nitrogens is 3. The van der Waals surface area contributed by atoms with Gasteiger partial charge >= 0.3 is 12.2 Å². The number of benzene rings is 1. The lowest BCUT2D eigenvalue weighted by atomic mass is 10.0. The zero-order valence-corrected chi connectivity index (χ0v) is 15.8. The smallest absolute Gasteiger partial charge is 0.324 e. The highest BCUT2D eigenvalue weighted by molar-refractivity contribution is 5.89. The Kier molecular flexibility index (Phi) is 4.89. The van der Waals surface area contributed by atoms with Gasteiger partial charge in [-0.2, -0.15) is 13.2 Å². The highest BCUT2D eigenvalue weighted by atomic mass is 19.4. The Labute approximate surface area is 165 Å². The predicted octanol–water partition coefficient (Wildman–Crippen LogP) is 4.63. The topological polar surface area (TPSA) is 63.1 Å². The van der Waals surface area contributed by atoms with Gasteiger partial charge in [0.25, 0.3) is 0 Å². The molecule has 0 spiro atoms. The lowest BCUT2D eigenvalue weighted by molar-refractivity contribution is -0.147. The van der Waals surface area contributed by atoms with Crippen molar-refractivity contribution in [3.8, 4) is 0 Å². The molecule has 3 aromatic rings. The molecule has 6 nitrogen and oxygen atoms in total. The van der Waals surface area contributed by atoms with Gasteiger partial charge in [0.05, 0.1) is 0 Å². The van der Waals surface area contributed by atoms with Crippen molar-refractivity contribution >= 4 is 22.9 Å². The van der Waals surface area contributed by atoms with Crippen molar-refractivity contribution in [3.63, 3.8) is 0 Å². The molecule has 4 rings (SSSR count). The Bertz CT molecular complexity index is 1040. The Morgan fingerprint density at radius 2 is 1.93 bits per heavy atom. The number of hydrogen-bond acceptors (Lipinski definition) is 3. The molecule has 0 unspecified atom stereocenters. The lowest BCUT2D eigenvalue weighted by Gasteiger charge is -2.33. The van der Waals surface area contributed by atoms with Crippen LogP contribution >= 0.6 is 0 Å². The van der Waals surface area contributed by atoms with Crippen LogP contribution in [0.25, 0.3) is 11.2 Å². The maximum atomic E-state index is 13.5. The fourth-order valence-corrected chi connectivity index (χ4v) is 3.73. The standard InChI is InChI=1S/C20H20F3N5O/c1-13-4-2-5-14(12-13)25-19(29)27-10-7-15(8-11-27)28-17-16(6-3-9-24-17)26-18(28)20(21,22)23/h2-6,9,12,15H,7-8,10-11H2,1H3,(H,25,29). The van der Waals surface area contributed by atoms with Gasteiger partial charge in [-0.05, 0) is 49.6 Å². The maximum absolute atomic E-state index is 13.5. The number of urea groups is 1. The fourth-order valence-electron chi connectivity index (χ4n) is 3.73. The number of aryl methyl sites for hydroxylation is 1. The van der Waals surface area contributed by atoms with Crippen molar-refractivity contribution in [1.29, 1.82) is 0 Å². The average molecular weight is 403 g/mol. The molecule has 0 saturated carbocycles. The molecule has 1 aliphatic rings. The van der Waals surface area contributed by atoms with Gasteiger partial charge in [-0.1, -0.05) is 12.1 Å². The monoisotopic (exact) mass is 403 g/mol. The molecule has 9 heteroatoms. The number of alkyl halides is 3. The number of fused-ring (bicyclic) bond motifs is 1. The first-order valence-electron chi connectivity index (χ1n) is 9.35. The van der Waals surface area contributed by atoms with Crippen LogP contribution in [0.1, 0.15) is 30.3 Å². The van der Waals surface area contributed by atoms with Crippen molar-refractivity contribution in [2.75, 3.05) is 18.4 Å². The van der Waals surface area contributed by atoms with Crippen LogP contribution in [0.4, 0.5) is 23.7 Å². The first-order chi connectivity index (χ1) is 13.8. The number of nitrogens with zero attached hydrogens (tertiary/aromatic N) is 4. The fraction of sp³-hybridized carbons (Fsp3) is 0.350. The third kappa shape index (κ3) is 3.90. The Balaban J connectivity index is 1.51. The highest BCUT2D eigenvalue weighted by Gasteiger charge is 2.40. The summed E-state index contributed by atoms with van der Waals surface area (Å²) in [4.78, 5) is 22.0. The van der Waals surface area contributed by atoms with E-state index >= 15 is 0 Å². The molecule has 2 amide bonds. The van der Waals surface area contributed by atoms with E-state index in [1.165, 1.54) is 16.8 Å². The summed E-state index contributed by atoms with van der Waals surface area (Å²) < 4.78 is 41.8. The zero-order valence-electron chi connectivity index (χ0n) is 15.8. The number of amides is 2. The third-order valence-corrected chi connectivity index (χ3v) is 5.09. The van der Waals surface area contributed by atoms with E-state index < -0.39 is 18.0 Å². The van der Waals surface area contributed by atoms with Gasteiger partial charge in [0.15, 0.2) is 5.65 Å². The quantitative estimate of drug-likeness (QED) is 0.679. The highest BCUT2D eigenvalue weighted by Crippen LogP contribution is 2.36. The first kappa shape index (κ1) is 19.2. The van der Waals surface area contributed by atoms with Crippen LogP contribution in [0.15, 0.2) is 42.6 Å². The molecule has 0 atom stereocenters. The molecular formula is C20H20F3N5O. The second-order valence-corrected chi connectivity index (χ2v) is 7.17. The summed E-state index contributed by atoms with van der Waals surface area (Å²) in [6.07, 6.45) is -2.32. The van der Waals surface area contributed by atoms with Crippen LogP contribution in [0.5, 0.6) is 0 Å². The molecule has 1 aromatic carbocycles. The number of hydrogen-bond donors (Lipinski definition) is 1. The van der Waals surface area contributed by atoms with Gasteiger partial charge in [-0.25, -0.2) is 14.8 Å². The second kappa shape index (κ2) is 7.38. The minimum atomic E-state index is -4.57. The van der Waals surface area contributed by atoms with Gasteiger partial charge in [-0.3, -0.25) is 0 Å². The largest absolute Gasteiger partial charge is 0.449 e. The number of halogens is 3. The summed E-state index contributed by atoms with van der Waals surface area (Å²) in [6, 6.07) is 9.88. The summed E-state index contributed by atoms with van der Waals surface area (Å²) in [5.74, 6) is -0.936. The van der Waals surface area contributed by atoms with Crippen molar-refractivity contribution < 1.29 is 18.0 Å². The number of carbonyl (C=O) groups is 1. The van der Waals surface area contributed by atoms with Gasteiger partial charge in [0.2, 0.25) is 5.82 Å². The van der Waals surface area contributed by atoms with Gasteiger partial charge in [-0.15, -0.1) is 0 Å². The van der Waals surface area contributed by atoms with Crippen LogP contribution in [0, 0.1) is 6.92 Å². The zero-order chi connectivity index (χ0) is 20.6. The molecule has 1 fully saturated rings. The van der Waals surface area contributed by atoms with Gasteiger partial charge < -0.3 is 14.8 Å². The van der Waals surface area contributed by atoms with Gasteiger partial charge in [0.1, 0.15) is 5.52 Å². The molecular weight excluding hydrogens is 383 g/mol. The molecule has 1 aliphatic heterocycles. The summed E-state index contributed by atoms with van der Waals surface area (Å²) in [5, 5.41) is 2.84. The first-order valence-corrected chi connectivity index (χ1v) is 9.35. The van der Waals surface area contributed by atoms with E-state index in [0.717, 1.165) is 5.56 Å². The SMILES string of the molecule is Cc1cccc(NC(=O)N2CCC(n3c(C(F)(F)F)nc4cccnc43)CC2)c1. The van der Waals surface area contributed by atoms with Gasteiger partial charge in [0, 0.05) is 31.0 Å². The van der Waals surface area contributed by atoms with Crippen molar-refractivity contribution in [3.05, 3.63) is 54.0 Å². The summed E-state index contributed by atoms with van der Waals surface area (Å²) in [6.45, 7) is 2.64. The summed E-state index contributed by atoms with van der Waals surface area (Å²) in [7, 11) is 0. The number of nitrogens with one attached hydrogen (secondary N) is 1. The van der Waals surface area contributed by atoms with E-state index in [4.69, 9.17) is 0 Å². The van der Waals surface area contributed by atoms with E-state index in [9.17, 15) is 18.0 Å². The number of carbonyl (C=O) groups excluding carboxylic acids is 1. The second-order valence-electron chi connectivity index (χ2n) is 7.17. The normalized spacial score (nSPS) is 15.7. The molecule has 0 aliphatic carbocycles. The lowest BCUT2D eigenvalue weighted by Crippen LogP contribution is -2.42. The Morgan fingerprint density at radius 3 is 2.62 bits per heavy atom. The van der Waals surface area contributed by atoms with Crippen molar-refractivity contribution in [2.24, 2.45) is 0 Å². The number of piperidine rings is 1. The minimum Gasteiger partial charge on any atom is -0.324 e. The maximum Gasteiger partial charge on any atom is 0.449 e. The molecule has 2 aromatic heterocycles. The van der Waals surface area contributed by atoms with E-state index in [-0.39, 0.29) is 17.2 Å². The molecule has 29 heavy (non-hydrogen) atoms. The molecule has 3 heterocycles. The number of imidazole rings is 1. The van der Waals surface area contributed by atoms with Crippen LogP contribution in [-0.4, -0.2) is 38.6 Å².